The lowest BCUT2D eigenvalue weighted by molar-refractivity contribution is 0.287. The van der Waals surface area contributed by atoms with Crippen LogP contribution in [0.3, 0.4) is 0 Å². The van der Waals surface area contributed by atoms with Crippen LogP contribution in [0, 0.1) is 5.92 Å². The van der Waals surface area contributed by atoms with E-state index in [1.54, 1.807) is 14.2 Å². The Morgan fingerprint density at radius 3 is 2.30 bits per heavy atom. The SMILES string of the molecule is CN=C(NCC(C)C)NCC(c1ccccc1OC)N(C)C.I. The average molecular weight is 434 g/mol. The van der Waals surface area contributed by atoms with Gasteiger partial charge in [-0.3, -0.25) is 4.99 Å². The van der Waals surface area contributed by atoms with E-state index in [9.17, 15) is 0 Å². The fourth-order valence-electron chi connectivity index (χ4n) is 2.23. The smallest absolute Gasteiger partial charge is 0.191 e. The molecule has 0 aliphatic carbocycles. The molecule has 0 aliphatic heterocycles. The van der Waals surface area contributed by atoms with Crippen LogP contribution in [0.25, 0.3) is 0 Å². The Balaban J connectivity index is 0.00000484. The summed E-state index contributed by atoms with van der Waals surface area (Å²) in [7, 11) is 7.65. The molecule has 0 radical (unpaired) electrons. The summed E-state index contributed by atoms with van der Waals surface area (Å²) in [5.41, 5.74) is 1.17. The van der Waals surface area contributed by atoms with Crippen LogP contribution in [0.5, 0.6) is 5.75 Å². The van der Waals surface area contributed by atoms with Gasteiger partial charge in [0.05, 0.1) is 13.2 Å². The lowest BCUT2D eigenvalue weighted by atomic mass is 10.0. The van der Waals surface area contributed by atoms with E-state index >= 15 is 0 Å². The van der Waals surface area contributed by atoms with Crippen LogP contribution < -0.4 is 15.4 Å². The molecule has 1 atom stereocenters. The van der Waals surface area contributed by atoms with Crippen molar-refractivity contribution in [2.45, 2.75) is 19.9 Å². The molecule has 1 aromatic carbocycles. The molecule has 1 unspecified atom stereocenters. The number of nitrogens with zero attached hydrogens (tertiary/aromatic N) is 2. The molecule has 5 nitrogen and oxygen atoms in total. The molecule has 0 bridgehead atoms. The van der Waals surface area contributed by atoms with E-state index < -0.39 is 0 Å². The van der Waals surface area contributed by atoms with Gasteiger partial charge in [0.15, 0.2) is 5.96 Å². The van der Waals surface area contributed by atoms with Gasteiger partial charge in [-0.25, -0.2) is 0 Å². The Kier molecular flexibility index (Phi) is 11.0. The van der Waals surface area contributed by atoms with Gasteiger partial charge in [0.2, 0.25) is 0 Å². The van der Waals surface area contributed by atoms with Crippen molar-refractivity contribution in [1.29, 1.82) is 0 Å². The summed E-state index contributed by atoms with van der Waals surface area (Å²) >= 11 is 0. The van der Waals surface area contributed by atoms with E-state index in [1.807, 2.05) is 18.2 Å². The van der Waals surface area contributed by atoms with E-state index in [0.29, 0.717) is 5.92 Å². The molecule has 6 heteroatoms. The lowest BCUT2D eigenvalue weighted by Crippen LogP contribution is -2.42. The number of guanidine groups is 1. The molecule has 0 aromatic heterocycles. The maximum atomic E-state index is 5.49. The molecule has 1 rings (SSSR count). The van der Waals surface area contributed by atoms with Crippen molar-refractivity contribution >= 4 is 29.9 Å². The Hall–Kier alpha value is -1.02. The minimum Gasteiger partial charge on any atom is -0.496 e. The van der Waals surface area contributed by atoms with E-state index in [-0.39, 0.29) is 30.0 Å². The second kappa shape index (κ2) is 11.5. The molecule has 0 saturated carbocycles. The van der Waals surface area contributed by atoms with E-state index in [2.05, 4.69) is 54.5 Å². The Morgan fingerprint density at radius 2 is 1.78 bits per heavy atom. The van der Waals surface area contributed by atoms with Gasteiger partial charge in [-0.05, 0) is 26.1 Å². The maximum Gasteiger partial charge on any atom is 0.191 e. The number of rotatable bonds is 7. The van der Waals surface area contributed by atoms with Gasteiger partial charge in [0.1, 0.15) is 5.75 Å². The summed E-state index contributed by atoms with van der Waals surface area (Å²) in [5.74, 6) is 2.32. The van der Waals surface area contributed by atoms with Crippen LogP contribution in [0.4, 0.5) is 0 Å². The van der Waals surface area contributed by atoms with Crippen molar-refractivity contribution in [2.75, 3.05) is 41.3 Å². The van der Waals surface area contributed by atoms with Crippen LogP contribution in [0.1, 0.15) is 25.5 Å². The number of benzene rings is 1. The largest absolute Gasteiger partial charge is 0.496 e. The van der Waals surface area contributed by atoms with Crippen LogP contribution in [-0.2, 0) is 0 Å². The number of likely N-dealkylation sites (N-methyl/N-ethyl adjacent to an activating group) is 1. The van der Waals surface area contributed by atoms with Gasteiger partial charge in [0.25, 0.3) is 0 Å². The minimum absolute atomic E-state index is 0. The summed E-state index contributed by atoms with van der Waals surface area (Å²) in [4.78, 5) is 6.45. The maximum absolute atomic E-state index is 5.49. The third kappa shape index (κ3) is 7.39. The summed E-state index contributed by atoms with van der Waals surface area (Å²) in [6, 6.07) is 8.34. The number of halogens is 1. The molecular weight excluding hydrogens is 403 g/mol. The number of ether oxygens (including phenoxy) is 1. The molecule has 2 N–H and O–H groups in total. The zero-order valence-corrected chi connectivity index (χ0v) is 17.4. The van der Waals surface area contributed by atoms with Crippen molar-refractivity contribution in [1.82, 2.24) is 15.5 Å². The highest BCUT2D eigenvalue weighted by Crippen LogP contribution is 2.27. The molecule has 23 heavy (non-hydrogen) atoms. The number of hydrogen-bond donors (Lipinski definition) is 2. The predicted octanol–water partition coefficient (Wildman–Crippen LogP) is 2.74. The average Bonchev–Trinajstić information content (AvgIpc) is 2.50. The first kappa shape index (κ1) is 22.0. The fourth-order valence-corrected chi connectivity index (χ4v) is 2.23. The number of nitrogens with one attached hydrogen (secondary N) is 2. The van der Waals surface area contributed by atoms with Crippen molar-refractivity contribution in [2.24, 2.45) is 10.9 Å². The van der Waals surface area contributed by atoms with Crippen molar-refractivity contribution in [3.63, 3.8) is 0 Å². The first-order chi connectivity index (χ1) is 10.5. The monoisotopic (exact) mass is 434 g/mol. The molecule has 1 aromatic rings. The van der Waals surface area contributed by atoms with Gasteiger partial charge < -0.3 is 20.3 Å². The van der Waals surface area contributed by atoms with E-state index in [4.69, 9.17) is 4.74 Å². The second-order valence-electron chi connectivity index (χ2n) is 5.95. The van der Waals surface area contributed by atoms with Crippen LogP contribution in [0.2, 0.25) is 0 Å². The normalized spacial score (nSPS) is 12.8. The third-order valence-electron chi connectivity index (χ3n) is 3.49. The number of para-hydroxylation sites is 1. The summed E-state index contributed by atoms with van der Waals surface area (Å²) in [6.07, 6.45) is 0. The fraction of sp³-hybridized carbons (Fsp3) is 0.588. The van der Waals surface area contributed by atoms with Crippen LogP contribution in [0.15, 0.2) is 29.3 Å². The molecule has 0 aliphatic rings. The predicted molar refractivity (Wildman–Crippen MR) is 109 cm³/mol. The number of hydrogen-bond acceptors (Lipinski definition) is 3. The quantitative estimate of drug-likeness (QED) is 0.394. The minimum atomic E-state index is 0. The van der Waals surface area contributed by atoms with Crippen molar-refractivity contribution in [3.8, 4) is 5.75 Å². The second-order valence-corrected chi connectivity index (χ2v) is 5.95. The highest BCUT2D eigenvalue weighted by Gasteiger charge is 2.18. The summed E-state index contributed by atoms with van der Waals surface area (Å²) in [5, 5.41) is 6.73. The first-order valence-corrected chi connectivity index (χ1v) is 7.73. The Morgan fingerprint density at radius 1 is 1.17 bits per heavy atom. The van der Waals surface area contributed by atoms with E-state index in [0.717, 1.165) is 24.8 Å². The first-order valence-electron chi connectivity index (χ1n) is 7.73. The Bertz CT molecular complexity index is 477. The topological polar surface area (TPSA) is 48.9 Å². The van der Waals surface area contributed by atoms with Gasteiger partial charge in [0, 0.05) is 25.7 Å². The lowest BCUT2D eigenvalue weighted by Gasteiger charge is -2.27. The van der Waals surface area contributed by atoms with Crippen molar-refractivity contribution < 1.29 is 4.74 Å². The molecule has 0 saturated heterocycles. The molecule has 132 valence electrons. The molecule has 0 amide bonds. The van der Waals surface area contributed by atoms with Gasteiger partial charge >= 0.3 is 0 Å². The zero-order chi connectivity index (χ0) is 16.5. The molecule has 0 spiro atoms. The van der Waals surface area contributed by atoms with Gasteiger partial charge in [-0.1, -0.05) is 32.0 Å². The highest BCUT2D eigenvalue weighted by molar-refractivity contribution is 14.0. The van der Waals surface area contributed by atoms with Crippen molar-refractivity contribution in [3.05, 3.63) is 29.8 Å². The number of methoxy groups -OCH3 is 1. The van der Waals surface area contributed by atoms with Crippen LogP contribution in [-0.4, -0.2) is 52.2 Å². The third-order valence-corrected chi connectivity index (χ3v) is 3.49. The van der Waals surface area contributed by atoms with E-state index in [1.165, 1.54) is 5.56 Å². The van der Waals surface area contributed by atoms with Gasteiger partial charge in [-0.2, -0.15) is 0 Å². The zero-order valence-electron chi connectivity index (χ0n) is 15.1. The molecule has 0 heterocycles. The van der Waals surface area contributed by atoms with Gasteiger partial charge in [-0.15, -0.1) is 24.0 Å². The summed E-state index contributed by atoms with van der Waals surface area (Å²) in [6.45, 7) is 6.02. The molecular formula is C17H31IN4O. The number of aliphatic imine (C=N–C) groups is 1. The summed E-state index contributed by atoms with van der Waals surface area (Å²) < 4.78 is 5.49. The molecule has 0 fully saturated rings. The standard InChI is InChI=1S/C17H30N4O.HI/c1-13(2)11-19-17(18-3)20-12-15(21(4)5)14-9-7-8-10-16(14)22-6;/h7-10,13,15H,11-12H2,1-6H3,(H2,18,19,20);1H. The van der Waals surface area contributed by atoms with Crippen LogP contribution >= 0.6 is 24.0 Å². The Labute approximate surface area is 157 Å². The highest BCUT2D eigenvalue weighted by atomic mass is 127.